The Morgan fingerprint density at radius 1 is 1.26 bits per heavy atom. The van der Waals surface area contributed by atoms with E-state index < -0.39 is 0 Å². The molecule has 0 aliphatic heterocycles. The molecule has 1 heterocycles. The Morgan fingerprint density at radius 3 is 2.53 bits per heavy atom. The zero-order valence-electron chi connectivity index (χ0n) is 11.1. The van der Waals surface area contributed by atoms with Crippen LogP contribution in [0.5, 0.6) is 0 Å². The fourth-order valence-corrected chi connectivity index (χ4v) is 2.57. The second-order valence-electron chi connectivity index (χ2n) is 4.21. The molecular formula is C15H17BrN2O. The number of halogens is 1. The minimum Gasteiger partial charge on any atom is -0.343 e. The van der Waals surface area contributed by atoms with Crippen molar-refractivity contribution in [2.24, 2.45) is 0 Å². The first-order chi connectivity index (χ1) is 9.17. The van der Waals surface area contributed by atoms with Crippen molar-refractivity contribution in [3.05, 3.63) is 52.8 Å². The molecule has 3 nitrogen and oxygen atoms in total. The van der Waals surface area contributed by atoms with Gasteiger partial charge in [-0.2, -0.15) is 0 Å². The van der Waals surface area contributed by atoms with Gasteiger partial charge in [0.2, 0.25) is 0 Å². The largest absolute Gasteiger partial charge is 0.343 e. The average Bonchev–Trinajstić information content (AvgIpc) is 2.82. The van der Waals surface area contributed by atoms with Crippen LogP contribution < -0.4 is 4.90 Å². The van der Waals surface area contributed by atoms with Crippen LogP contribution in [0.25, 0.3) is 0 Å². The molecule has 1 amide bonds. The second kappa shape index (κ2) is 6.06. The summed E-state index contributed by atoms with van der Waals surface area (Å²) >= 11 is 3.43. The van der Waals surface area contributed by atoms with Crippen molar-refractivity contribution >= 4 is 27.5 Å². The van der Waals surface area contributed by atoms with E-state index in [0.29, 0.717) is 12.2 Å². The van der Waals surface area contributed by atoms with Gasteiger partial charge in [-0.1, -0.05) is 18.2 Å². The second-order valence-corrected chi connectivity index (χ2v) is 5.13. The van der Waals surface area contributed by atoms with E-state index in [4.69, 9.17) is 0 Å². The highest BCUT2D eigenvalue weighted by Gasteiger charge is 2.19. The van der Waals surface area contributed by atoms with Crippen molar-refractivity contribution in [2.75, 3.05) is 11.4 Å². The fraction of sp³-hybridized carbons (Fsp3) is 0.267. The summed E-state index contributed by atoms with van der Waals surface area (Å²) in [5.41, 5.74) is 1.63. The number of hydrogen-bond acceptors (Lipinski definition) is 1. The summed E-state index contributed by atoms with van der Waals surface area (Å²) in [7, 11) is 0. The van der Waals surface area contributed by atoms with Crippen LogP contribution in [0.15, 0.2) is 47.1 Å². The minimum atomic E-state index is 0.0289. The van der Waals surface area contributed by atoms with Gasteiger partial charge in [-0.3, -0.25) is 4.79 Å². The first-order valence-electron chi connectivity index (χ1n) is 6.40. The average molecular weight is 321 g/mol. The van der Waals surface area contributed by atoms with E-state index in [0.717, 1.165) is 16.7 Å². The summed E-state index contributed by atoms with van der Waals surface area (Å²) in [5.74, 6) is 0.0289. The molecule has 0 aliphatic carbocycles. The van der Waals surface area contributed by atoms with E-state index in [1.807, 2.05) is 61.0 Å². The normalized spacial score (nSPS) is 10.5. The molecule has 0 saturated heterocycles. The van der Waals surface area contributed by atoms with Crippen molar-refractivity contribution < 1.29 is 4.79 Å². The number of amides is 1. The third kappa shape index (κ3) is 2.89. The molecular weight excluding hydrogens is 304 g/mol. The standard InChI is InChI=1S/C15H17BrN2O/c1-3-17-11-12(16)10-14(17)15(19)18(4-2)13-8-6-5-7-9-13/h5-11H,3-4H2,1-2H3. The molecule has 0 spiro atoms. The Labute approximate surface area is 122 Å². The Bertz CT molecular complexity index is 563. The van der Waals surface area contributed by atoms with Crippen LogP contribution in [0.3, 0.4) is 0 Å². The molecule has 1 aromatic carbocycles. The zero-order chi connectivity index (χ0) is 13.8. The van der Waals surface area contributed by atoms with Gasteiger partial charge in [0.15, 0.2) is 0 Å². The van der Waals surface area contributed by atoms with Gasteiger partial charge in [0.25, 0.3) is 5.91 Å². The van der Waals surface area contributed by atoms with Crippen molar-refractivity contribution in [1.29, 1.82) is 0 Å². The lowest BCUT2D eigenvalue weighted by molar-refractivity contribution is 0.0979. The maximum absolute atomic E-state index is 12.7. The SMILES string of the molecule is CCN(C(=O)c1cc(Br)cn1CC)c1ccccc1. The lowest BCUT2D eigenvalue weighted by Crippen LogP contribution is -2.32. The van der Waals surface area contributed by atoms with Gasteiger partial charge in [0.05, 0.1) is 0 Å². The highest BCUT2D eigenvalue weighted by molar-refractivity contribution is 9.10. The summed E-state index contributed by atoms with van der Waals surface area (Å²) in [6.45, 7) is 5.44. The predicted octanol–water partition coefficient (Wildman–Crippen LogP) is 3.94. The summed E-state index contributed by atoms with van der Waals surface area (Å²) in [5, 5.41) is 0. The van der Waals surface area contributed by atoms with Crippen molar-refractivity contribution in [1.82, 2.24) is 4.57 Å². The van der Waals surface area contributed by atoms with Gasteiger partial charge in [0, 0.05) is 29.4 Å². The molecule has 0 atom stereocenters. The predicted molar refractivity (Wildman–Crippen MR) is 81.6 cm³/mol. The number of aryl methyl sites for hydroxylation is 1. The van der Waals surface area contributed by atoms with Crippen LogP contribution in [0.2, 0.25) is 0 Å². The van der Waals surface area contributed by atoms with E-state index >= 15 is 0 Å². The first kappa shape index (κ1) is 13.9. The monoisotopic (exact) mass is 320 g/mol. The van der Waals surface area contributed by atoms with E-state index in [2.05, 4.69) is 15.9 Å². The maximum atomic E-state index is 12.7. The lowest BCUT2D eigenvalue weighted by Gasteiger charge is -2.21. The zero-order valence-corrected chi connectivity index (χ0v) is 12.7. The van der Waals surface area contributed by atoms with Crippen molar-refractivity contribution in [3.63, 3.8) is 0 Å². The molecule has 2 rings (SSSR count). The van der Waals surface area contributed by atoms with Gasteiger partial charge in [0.1, 0.15) is 5.69 Å². The summed E-state index contributed by atoms with van der Waals surface area (Å²) in [4.78, 5) is 14.4. The number of aromatic nitrogens is 1. The number of rotatable bonds is 4. The van der Waals surface area contributed by atoms with E-state index in [9.17, 15) is 4.79 Å². The summed E-state index contributed by atoms with van der Waals surface area (Å²) in [6.07, 6.45) is 1.94. The number of nitrogens with zero attached hydrogens (tertiary/aromatic N) is 2. The van der Waals surface area contributed by atoms with Crippen LogP contribution in [-0.2, 0) is 6.54 Å². The number of carbonyl (C=O) groups is 1. The van der Waals surface area contributed by atoms with Crippen LogP contribution in [0.1, 0.15) is 24.3 Å². The minimum absolute atomic E-state index is 0.0289. The van der Waals surface area contributed by atoms with Crippen molar-refractivity contribution in [2.45, 2.75) is 20.4 Å². The van der Waals surface area contributed by atoms with Crippen LogP contribution in [0.4, 0.5) is 5.69 Å². The number of benzene rings is 1. The highest BCUT2D eigenvalue weighted by Crippen LogP contribution is 2.20. The maximum Gasteiger partial charge on any atom is 0.274 e. The first-order valence-corrected chi connectivity index (χ1v) is 7.19. The van der Waals surface area contributed by atoms with Gasteiger partial charge in [-0.25, -0.2) is 0 Å². The Balaban J connectivity index is 2.36. The molecule has 0 bridgehead atoms. The summed E-state index contributed by atoms with van der Waals surface area (Å²) < 4.78 is 2.89. The topological polar surface area (TPSA) is 25.2 Å². The molecule has 19 heavy (non-hydrogen) atoms. The third-order valence-corrected chi connectivity index (χ3v) is 3.49. The van der Waals surface area contributed by atoms with E-state index in [1.54, 1.807) is 4.90 Å². The third-order valence-electron chi connectivity index (χ3n) is 3.05. The quantitative estimate of drug-likeness (QED) is 0.837. The van der Waals surface area contributed by atoms with Gasteiger partial charge in [-0.05, 0) is 48.0 Å². The Hall–Kier alpha value is -1.55. The molecule has 0 fully saturated rings. The molecule has 0 unspecified atom stereocenters. The number of para-hydroxylation sites is 1. The van der Waals surface area contributed by atoms with Crippen molar-refractivity contribution in [3.8, 4) is 0 Å². The molecule has 0 aliphatic rings. The lowest BCUT2D eigenvalue weighted by atomic mass is 10.2. The van der Waals surface area contributed by atoms with Crippen LogP contribution in [-0.4, -0.2) is 17.0 Å². The van der Waals surface area contributed by atoms with Gasteiger partial charge < -0.3 is 9.47 Å². The van der Waals surface area contributed by atoms with Crippen LogP contribution >= 0.6 is 15.9 Å². The molecule has 100 valence electrons. The Kier molecular flexibility index (Phi) is 4.43. The molecule has 1 aromatic heterocycles. The number of hydrogen-bond donors (Lipinski definition) is 0. The molecule has 0 radical (unpaired) electrons. The molecule has 0 saturated carbocycles. The van der Waals surface area contributed by atoms with E-state index in [1.165, 1.54) is 0 Å². The molecule has 2 aromatic rings. The van der Waals surface area contributed by atoms with Gasteiger partial charge >= 0.3 is 0 Å². The molecule has 0 N–H and O–H groups in total. The number of carbonyl (C=O) groups excluding carboxylic acids is 1. The fourth-order valence-electron chi connectivity index (χ4n) is 2.11. The van der Waals surface area contributed by atoms with E-state index in [-0.39, 0.29) is 5.91 Å². The number of anilines is 1. The highest BCUT2D eigenvalue weighted by atomic mass is 79.9. The Morgan fingerprint density at radius 2 is 1.95 bits per heavy atom. The summed E-state index contributed by atoms with van der Waals surface area (Å²) in [6, 6.07) is 11.6. The smallest absolute Gasteiger partial charge is 0.274 e. The van der Waals surface area contributed by atoms with Gasteiger partial charge in [-0.15, -0.1) is 0 Å². The molecule has 4 heteroatoms. The van der Waals surface area contributed by atoms with Crippen LogP contribution in [0, 0.1) is 0 Å².